The molecule has 2 bridgehead atoms. The summed E-state index contributed by atoms with van der Waals surface area (Å²) in [4.78, 5) is 29.1. The van der Waals surface area contributed by atoms with Gasteiger partial charge in [0.25, 0.3) is 5.91 Å². The lowest BCUT2D eigenvalue weighted by molar-refractivity contribution is 0.0701. The second kappa shape index (κ2) is 7.78. The summed E-state index contributed by atoms with van der Waals surface area (Å²) < 4.78 is 7.69. The van der Waals surface area contributed by atoms with E-state index in [9.17, 15) is 4.79 Å². The fraction of sp³-hybridized carbons (Fsp3) is 0.308. The molecule has 9 nitrogen and oxygen atoms in total. The molecule has 2 atom stereocenters. The molecule has 7 rings (SSSR count). The van der Waals surface area contributed by atoms with Crippen molar-refractivity contribution >= 4 is 34.1 Å². The first kappa shape index (κ1) is 20.4. The summed E-state index contributed by atoms with van der Waals surface area (Å²) >= 11 is 0. The van der Waals surface area contributed by atoms with E-state index in [4.69, 9.17) is 9.72 Å². The van der Waals surface area contributed by atoms with Gasteiger partial charge in [-0.2, -0.15) is 0 Å². The predicted molar refractivity (Wildman–Crippen MR) is 133 cm³/mol. The summed E-state index contributed by atoms with van der Waals surface area (Å²) in [6, 6.07) is 8.47. The molecule has 0 radical (unpaired) electrons. The van der Waals surface area contributed by atoms with E-state index in [0.29, 0.717) is 35.6 Å². The van der Waals surface area contributed by atoms with Crippen LogP contribution in [0.5, 0.6) is 0 Å². The summed E-state index contributed by atoms with van der Waals surface area (Å²) in [7, 11) is 1.97. The minimum absolute atomic E-state index is 0.106. The summed E-state index contributed by atoms with van der Waals surface area (Å²) in [6.07, 6.45) is 8.58. The molecule has 2 fully saturated rings. The molecule has 176 valence electrons. The third-order valence-corrected chi connectivity index (χ3v) is 7.36. The highest BCUT2D eigenvalue weighted by molar-refractivity contribution is 6.06. The Hall–Kier alpha value is -3.98. The molecular weight excluding hydrogens is 442 g/mol. The van der Waals surface area contributed by atoms with Crippen molar-refractivity contribution < 1.29 is 9.53 Å². The molecule has 0 unspecified atom stereocenters. The minimum Gasteiger partial charge on any atom is -0.379 e. The van der Waals surface area contributed by atoms with Gasteiger partial charge in [-0.15, -0.1) is 0 Å². The van der Waals surface area contributed by atoms with Crippen molar-refractivity contribution in [3.63, 3.8) is 0 Å². The minimum atomic E-state index is -0.106. The van der Waals surface area contributed by atoms with Crippen LogP contribution < -0.4 is 15.5 Å². The Balaban J connectivity index is 1.21. The first-order valence-electron chi connectivity index (χ1n) is 11.9. The lowest BCUT2D eigenvalue weighted by atomic mass is 10.0. The first-order valence-corrected chi connectivity index (χ1v) is 11.9. The van der Waals surface area contributed by atoms with Gasteiger partial charge in [0.1, 0.15) is 11.5 Å². The summed E-state index contributed by atoms with van der Waals surface area (Å²) in [5.41, 5.74) is 5.92. The lowest BCUT2D eigenvalue weighted by Gasteiger charge is -2.26. The fourth-order valence-corrected chi connectivity index (χ4v) is 5.69. The Kier molecular flexibility index (Phi) is 4.53. The average molecular weight is 468 g/mol. The van der Waals surface area contributed by atoms with E-state index in [1.165, 1.54) is 6.42 Å². The van der Waals surface area contributed by atoms with Gasteiger partial charge in [-0.25, -0.2) is 9.97 Å². The molecule has 0 spiro atoms. The number of aryl methyl sites for hydroxylation is 1. The molecule has 35 heavy (non-hydrogen) atoms. The highest BCUT2D eigenvalue weighted by Gasteiger charge is 2.36. The maximum atomic E-state index is 12.8. The Bertz CT molecular complexity index is 1460. The Labute approximate surface area is 202 Å². The van der Waals surface area contributed by atoms with Crippen molar-refractivity contribution in [1.82, 2.24) is 24.8 Å². The largest absolute Gasteiger partial charge is 0.379 e. The Morgan fingerprint density at radius 3 is 2.91 bits per heavy atom. The maximum Gasteiger partial charge on any atom is 0.254 e. The SMILES string of the molecule is Cn1ccc2c(-c3ncc(Nc4ccc(N5C[C@H]6COC[C@@H]5C6)cn4)c4c3CNC4=O)ccnc21. The van der Waals surface area contributed by atoms with E-state index in [2.05, 4.69) is 31.6 Å². The second-order valence-corrected chi connectivity index (χ2v) is 9.55. The number of ether oxygens (including phenoxy) is 1. The van der Waals surface area contributed by atoms with Crippen LogP contribution in [-0.4, -0.2) is 51.2 Å². The molecule has 3 aliphatic rings. The van der Waals surface area contributed by atoms with Crippen LogP contribution >= 0.6 is 0 Å². The standard InChI is InChI=1S/C26H25N7O2/c1-32-7-5-19-18(4-6-27-25(19)32)24-20-10-30-26(34)23(20)21(11-29-24)31-22-3-2-16(9-28-22)33-12-15-8-17(33)14-35-13-15/h2-7,9,11,15,17H,8,10,12-14H2,1H3,(H,28,31)(H,30,34)/t15-,17-/m0/s1. The zero-order valence-corrected chi connectivity index (χ0v) is 19.4. The van der Waals surface area contributed by atoms with Crippen LogP contribution in [0.3, 0.4) is 0 Å². The van der Waals surface area contributed by atoms with Crippen molar-refractivity contribution in [3.8, 4) is 11.3 Å². The van der Waals surface area contributed by atoms with Crippen molar-refractivity contribution in [1.29, 1.82) is 0 Å². The van der Waals surface area contributed by atoms with E-state index >= 15 is 0 Å². The number of rotatable bonds is 4. The van der Waals surface area contributed by atoms with Crippen LogP contribution in [-0.2, 0) is 18.3 Å². The van der Waals surface area contributed by atoms with E-state index in [1.807, 2.05) is 42.2 Å². The van der Waals surface area contributed by atoms with Crippen LogP contribution in [0, 0.1) is 5.92 Å². The Morgan fingerprint density at radius 2 is 2.06 bits per heavy atom. The second-order valence-electron chi connectivity index (χ2n) is 9.55. The molecule has 4 aromatic heterocycles. The van der Waals surface area contributed by atoms with E-state index < -0.39 is 0 Å². The van der Waals surface area contributed by atoms with Gasteiger partial charge in [0, 0.05) is 55.0 Å². The maximum absolute atomic E-state index is 12.8. The van der Waals surface area contributed by atoms with Crippen LogP contribution in [0.15, 0.2) is 49.1 Å². The highest BCUT2D eigenvalue weighted by atomic mass is 16.5. The third-order valence-electron chi connectivity index (χ3n) is 7.36. The van der Waals surface area contributed by atoms with Crippen LogP contribution in [0.25, 0.3) is 22.3 Å². The van der Waals surface area contributed by atoms with Crippen molar-refractivity contribution in [2.45, 2.75) is 19.0 Å². The van der Waals surface area contributed by atoms with E-state index in [0.717, 1.165) is 53.3 Å². The van der Waals surface area contributed by atoms with Gasteiger partial charge in [-0.1, -0.05) is 0 Å². The van der Waals surface area contributed by atoms with Crippen LogP contribution in [0.4, 0.5) is 17.2 Å². The number of aromatic nitrogens is 4. The summed E-state index contributed by atoms with van der Waals surface area (Å²) in [6.45, 7) is 3.09. The Morgan fingerprint density at radius 1 is 1.11 bits per heavy atom. The number of fused-ring (bicyclic) bond motifs is 4. The fourth-order valence-electron chi connectivity index (χ4n) is 5.69. The van der Waals surface area contributed by atoms with Gasteiger partial charge in [0.15, 0.2) is 0 Å². The lowest BCUT2D eigenvalue weighted by Crippen LogP contribution is -2.32. The topological polar surface area (TPSA) is 97.2 Å². The van der Waals surface area contributed by atoms with Crippen LogP contribution in [0.2, 0.25) is 0 Å². The number of pyridine rings is 3. The normalized spacial score (nSPS) is 20.8. The van der Waals surface area contributed by atoms with Crippen molar-refractivity contribution in [3.05, 3.63) is 60.2 Å². The summed E-state index contributed by atoms with van der Waals surface area (Å²) in [5, 5.41) is 7.30. The van der Waals surface area contributed by atoms with Gasteiger partial charge in [-0.05, 0) is 30.7 Å². The molecule has 2 N–H and O–H groups in total. The average Bonchev–Trinajstić information content (AvgIpc) is 3.55. The highest BCUT2D eigenvalue weighted by Crippen LogP contribution is 2.36. The van der Waals surface area contributed by atoms with Crippen molar-refractivity contribution in [2.75, 3.05) is 30.0 Å². The van der Waals surface area contributed by atoms with Gasteiger partial charge in [-0.3, -0.25) is 9.78 Å². The molecular formula is C26H25N7O2. The van der Waals surface area contributed by atoms with Crippen molar-refractivity contribution in [2.24, 2.45) is 13.0 Å². The molecule has 3 aliphatic heterocycles. The first-order chi connectivity index (χ1) is 17.2. The number of amides is 1. The molecule has 9 heteroatoms. The smallest absolute Gasteiger partial charge is 0.254 e. The molecule has 0 aliphatic carbocycles. The van der Waals surface area contributed by atoms with Crippen LogP contribution in [0.1, 0.15) is 22.3 Å². The molecule has 0 saturated carbocycles. The number of anilines is 3. The van der Waals surface area contributed by atoms with Gasteiger partial charge < -0.3 is 24.8 Å². The number of nitrogens with one attached hydrogen (secondary N) is 2. The zero-order chi connectivity index (χ0) is 23.5. The van der Waals surface area contributed by atoms with Gasteiger partial charge in [0.05, 0.1) is 54.3 Å². The number of carbonyl (C=O) groups is 1. The predicted octanol–water partition coefficient (Wildman–Crippen LogP) is 3.24. The molecule has 1 amide bonds. The molecule has 7 heterocycles. The number of hydrogen-bond acceptors (Lipinski definition) is 7. The summed E-state index contributed by atoms with van der Waals surface area (Å²) in [5.74, 6) is 1.18. The molecule has 0 aromatic carbocycles. The van der Waals surface area contributed by atoms with E-state index in [1.54, 1.807) is 12.4 Å². The molecule has 2 saturated heterocycles. The quantitative estimate of drug-likeness (QED) is 0.476. The number of nitrogens with zero attached hydrogens (tertiary/aromatic N) is 5. The third kappa shape index (κ3) is 3.26. The number of carbonyl (C=O) groups excluding carboxylic acids is 1. The molecule has 4 aromatic rings. The zero-order valence-electron chi connectivity index (χ0n) is 19.4. The monoisotopic (exact) mass is 467 g/mol. The number of hydrogen-bond donors (Lipinski definition) is 2. The van der Waals surface area contributed by atoms with Gasteiger partial charge in [0.2, 0.25) is 0 Å². The van der Waals surface area contributed by atoms with Gasteiger partial charge >= 0.3 is 0 Å². The van der Waals surface area contributed by atoms with E-state index in [-0.39, 0.29) is 5.91 Å².